The molecule has 2 heterocycles. The van der Waals surface area contributed by atoms with Gasteiger partial charge < -0.3 is 14.2 Å². The second-order valence-electron chi connectivity index (χ2n) is 5.12. The summed E-state index contributed by atoms with van der Waals surface area (Å²) in [5, 5.41) is 10.8. The van der Waals surface area contributed by atoms with Crippen LogP contribution in [0.3, 0.4) is 0 Å². The number of rotatable bonds is 7. The number of fused-ring (bicyclic) bond motifs is 1. The van der Waals surface area contributed by atoms with Crippen molar-refractivity contribution in [3.8, 4) is 0 Å². The van der Waals surface area contributed by atoms with E-state index in [0.29, 0.717) is 35.4 Å². The molecule has 126 valence electrons. The van der Waals surface area contributed by atoms with Gasteiger partial charge in [0.1, 0.15) is 5.52 Å². The summed E-state index contributed by atoms with van der Waals surface area (Å²) in [6.07, 6.45) is 1.32. The summed E-state index contributed by atoms with van der Waals surface area (Å²) in [5.41, 5.74) is 1.50. The highest BCUT2D eigenvalue weighted by atomic mass is 32.2. The Balaban J connectivity index is 1.61. The lowest BCUT2D eigenvalue weighted by atomic mass is 10.3. The van der Waals surface area contributed by atoms with Crippen molar-refractivity contribution in [2.24, 2.45) is 0 Å². The summed E-state index contributed by atoms with van der Waals surface area (Å²) >= 11 is 1.31. The van der Waals surface area contributed by atoms with Gasteiger partial charge in [-0.2, -0.15) is 0 Å². The highest BCUT2D eigenvalue weighted by Gasteiger charge is 2.21. The Morgan fingerprint density at radius 1 is 1.21 bits per heavy atom. The monoisotopic (exact) mass is 346 g/mol. The van der Waals surface area contributed by atoms with Gasteiger partial charge in [-0.25, -0.2) is 4.98 Å². The molecule has 1 N–H and O–H groups in total. The molecule has 3 rings (SSSR count). The summed E-state index contributed by atoms with van der Waals surface area (Å²) in [6.45, 7) is 4.10. The molecule has 0 aliphatic heterocycles. The van der Waals surface area contributed by atoms with Crippen molar-refractivity contribution in [2.75, 3.05) is 0 Å². The third kappa shape index (κ3) is 3.76. The van der Waals surface area contributed by atoms with Crippen LogP contribution < -0.4 is 5.32 Å². The Morgan fingerprint density at radius 2 is 2.00 bits per heavy atom. The fourth-order valence-electron chi connectivity index (χ4n) is 2.12. The zero-order valence-corrected chi connectivity index (χ0v) is 14.3. The Bertz CT molecular complexity index is 796. The molecule has 0 saturated heterocycles. The van der Waals surface area contributed by atoms with Gasteiger partial charge in [0, 0.05) is 6.42 Å². The second-order valence-corrected chi connectivity index (χ2v) is 6.28. The Labute approximate surface area is 143 Å². The number of hydrogen-bond acceptors (Lipinski definition) is 7. The number of para-hydroxylation sites is 2. The van der Waals surface area contributed by atoms with Gasteiger partial charge in [0.25, 0.3) is 5.22 Å². The molecule has 0 aliphatic carbocycles. The molecule has 0 fully saturated rings. The van der Waals surface area contributed by atoms with Crippen molar-refractivity contribution in [3.05, 3.63) is 36.0 Å². The number of carbonyl (C=O) groups excluding carboxylic acids is 1. The molecule has 3 aromatic rings. The lowest BCUT2D eigenvalue weighted by molar-refractivity contribution is -0.120. The zero-order chi connectivity index (χ0) is 16.9. The predicted octanol–water partition coefficient (Wildman–Crippen LogP) is 2.96. The zero-order valence-electron chi connectivity index (χ0n) is 13.5. The standard InChI is InChI=1S/C16H18N4O3S/c1-3-12(15(21)17-9-14-20-19-13(4-2)23-14)24-16-18-10-7-5-6-8-11(10)22-16/h5-8,12H,3-4,9H2,1-2H3,(H,17,21)/t12-/m1/s1. The number of amides is 1. The van der Waals surface area contributed by atoms with E-state index < -0.39 is 0 Å². The molecule has 0 spiro atoms. The van der Waals surface area contributed by atoms with Crippen LogP contribution in [-0.2, 0) is 17.8 Å². The quantitative estimate of drug-likeness (QED) is 0.657. The number of oxazole rings is 1. The van der Waals surface area contributed by atoms with Crippen molar-refractivity contribution >= 4 is 28.8 Å². The number of benzene rings is 1. The molecule has 0 unspecified atom stereocenters. The van der Waals surface area contributed by atoms with Crippen LogP contribution in [0.4, 0.5) is 0 Å². The Kier molecular flexibility index (Phi) is 5.14. The molecule has 2 aromatic heterocycles. The summed E-state index contributed by atoms with van der Waals surface area (Å²) < 4.78 is 11.0. The molecule has 1 amide bonds. The van der Waals surface area contributed by atoms with Crippen molar-refractivity contribution in [3.63, 3.8) is 0 Å². The van der Waals surface area contributed by atoms with E-state index in [1.54, 1.807) is 0 Å². The molecule has 24 heavy (non-hydrogen) atoms. The first-order chi connectivity index (χ1) is 11.7. The molecular formula is C16H18N4O3S. The van der Waals surface area contributed by atoms with Crippen LogP contribution in [0.1, 0.15) is 32.0 Å². The van der Waals surface area contributed by atoms with E-state index in [-0.39, 0.29) is 17.7 Å². The van der Waals surface area contributed by atoms with Crippen LogP contribution in [0.15, 0.2) is 38.3 Å². The van der Waals surface area contributed by atoms with Gasteiger partial charge in [-0.15, -0.1) is 10.2 Å². The van der Waals surface area contributed by atoms with E-state index >= 15 is 0 Å². The molecule has 7 nitrogen and oxygen atoms in total. The summed E-state index contributed by atoms with van der Waals surface area (Å²) in [7, 11) is 0. The molecule has 0 saturated carbocycles. The largest absolute Gasteiger partial charge is 0.431 e. The first-order valence-corrected chi connectivity index (χ1v) is 8.68. The van der Waals surface area contributed by atoms with Crippen LogP contribution in [0, 0.1) is 0 Å². The van der Waals surface area contributed by atoms with Crippen LogP contribution >= 0.6 is 11.8 Å². The van der Waals surface area contributed by atoms with Gasteiger partial charge in [0.2, 0.25) is 17.7 Å². The van der Waals surface area contributed by atoms with Gasteiger partial charge >= 0.3 is 0 Å². The summed E-state index contributed by atoms with van der Waals surface area (Å²) in [6, 6.07) is 7.53. The lowest BCUT2D eigenvalue weighted by Gasteiger charge is -2.11. The maximum Gasteiger partial charge on any atom is 0.257 e. The van der Waals surface area contributed by atoms with Crippen LogP contribution in [0.25, 0.3) is 11.1 Å². The predicted molar refractivity (Wildman–Crippen MR) is 89.5 cm³/mol. The molecule has 8 heteroatoms. The number of nitrogens with zero attached hydrogens (tertiary/aromatic N) is 3. The van der Waals surface area contributed by atoms with E-state index in [9.17, 15) is 4.79 Å². The first-order valence-electron chi connectivity index (χ1n) is 7.80. The maximum absolute atomic E-state index is 12.4. The van der Waals surface area contributed by atoms with Crippen LogP contribution in [0.2, 0.25) is 0 Å². The first kappa shape index (κ1) is 16.5. The van der Waals surface area contributed by atoms with E-state index in [1.807, 2.05) is 38.1 Å². The molecule has 0 aliphatic rings. The Morgan fingerprint density at radius 3 is 2.71 bits per heavy atom. The molecule has 1 atom stereocenters. The number of carbonyl (C=O) groups is 1. The number of nitrogens with one attached hydrogen (secondary N) is 1. The second kappa shape index (κ2) is 7.48. The number of aromatic nitrogens is 3. The minimum Gasteiger partial charge on any atom is -0.431 e. The summed E-state index contributed by atoms with van der Waals surface area (Å²) in [5.74, 6) is 0.857. The third-order valence-corrected chi connectivity index (χ3v) is 4.61. The third-order valence-electron chi connectivity index (χ3n) is 3.41. The van der Waals surface area contributed by atoms with Crippen molar-refractivity contribution < 1.29 is 13.6 Å². The number of aryl methyl sites for hydroxylation is 1. The maximum atomic E-state index is 12.4. The molecule has 0 radical (unpaired) electrons. The van der Waals surface area contributed by atoms with Gasteiger partial charge in [0.05, 0.1) is 11.8 Å². The van der Waals surface area contributed by atoms with Crippen LogP contribution in [0.5, 0.6) is 0 Å². The average molecular weight is 346 g/mol. The van der Waals surface area contributed by atoms with E-state index in [0.717, 1.165) is 5.52 Å². The molecular weight excluding hydrogens is 328 g/mol. The Hall–Kier alpha value is -2.35. The summed E-state index contributed by atoms with van der Waals surface area (Å²) in [4.78, 5) is 16.7. The minimum atomic E-state index is -0.299. The fraction of sp³-hybridized carbons (Fsp3) is 0.375. The topological polar surface area (TPSA) is 94.1 Å². The average Bonchev–Trinajstić information content (AvgIpc) is 3.23. The molecule has 1 aromatic carbocycles. The van der Waals surface area contributed by atoms with E-state index in [1.165, 1.54) is 11.8 Å². The van der Waals surface area contributed by atoms with Gasteiger partial charge in [-0.3, -0.25) is 4.79 Å². The van der Waals surface area contributed by atoms with Crippen molar-refractivity contribution in [1.29, 1.82) is 0 Å². The highest BCUT2D eigenvalue weighted by Crippen LogP contribution is 2.28. The van der Waals surface area contributed by atoms with Gasteiger partial charge in [-0.1, -0.05) is 37.7 Å². The smallest absolute Gasteiger partial charge is 0.257 e. The van der Waals surface area contributed by atoms with Crippen molar-refractivity contribution in [1.82, 2.24) is 20.5 Å². The van der Waals surface area contributed by atoms with Crippen molar-refractivity contribution in [2.45, 2.75) is 43.7 Å². The SMILES string of the molecule is CCc1nnc(CNC(=O)[C@@H](CC)Sc2nc3ccccc3o2)o1. The number of hydrogen-bond donors (Lipinski definition) is 1. The molecule has 0 bridgehead atoms. The fourth-order valence-corrected chi connectivity index (χ4v) is 3.01. The van der Waals surface area contributed by atoms with Gasteiger partial charge in [0.15, 0.2) is 5.58 Å². The lowest BCUT2D eigenvalue weighted by Crippen LogP contribution is -2.32. The number of thioether (sulfide) groups is 1. The van der Waals surface area contributed by atoms with Gasteiger partial charge in [-0.05, 0) is 18.6 Å². The van der Waals surface area contributed by atoms with E-state index in [4.69, 9.17) is 8.83 Å². The highest BCUT2D eigenvalue weighted by molar-refractivity contribution is 8.00. The van der Waals surface area contributed by atoms with Crippen LogP contribution in [-0.4, -0.2) is 26.3 Å². The normalized spacial score (nSPS) is 12.4. The minimum absolute atomic E-state index is 0.110. The van der Waals surface area contributed by atoms with E-state index in [2.05, 4.69) is 20.5 Å².